The maximum Gasteiger partial charge on any atom is 0.451 e. The van der Waals surface area contributed by atoms with Gasteiger partial charge in [-0.15, -0.1) is 0 Å². The van der Waals surface area contributed by atoms with E-state index in [2.05, 4.69) is 15.3 Å². The zero-order valence-corrected chi connectivity index (χ0v) is 11.0. The highest BCUT2D eigenvalue weighted by molar-refractivity contribution is 6.29. The number of anilines is 2. The van der Waals surface area contributed by atoms with Crippen molar-refractivity contribution in [2.75, 3.05) is 11.1 Å². The summed E-state index contributed by atoms with van der Waals surface area (Å²) in [4.78, 5) is 18.2. The van der Waals surface area contributed by atoms with Gasteiger partial charge in [-0.1, -0.05) is 17.7 Å². The number of nitrogens with zero attached hydrogens (tertiary/aromatic N) is 2. The van der Waals surface area contributed by atoms with Gasteiger partial charge in [0.05, 0.1) is 0 Å². The molecule has 1 aromatic heterocycles. The number of carbonyl (C=O) groups is 1. The molecule has 2 aromatic rings. The highest BCUT2D eigenvalue weighted by atomic mass is 35.5. The summed E-state index contributed by atoms with van der Waals surface area (Å²) >= 11 is 5.49. The average molecular weight is 317 g/mol. The maximum atomic E-state index is 12.5. The van der Waals surface area contributed by atoms with Gasteiger partial charge in [-0.05, 0) is 18.2 Å². The fourth-order valence-electron chi connectivity index (χ4n) is 1.48. The van der Waals surface area contributed by atoms with Crippen LogP contribution in [-0.4, -0.2) is 15.9 Å². The molecule has 0 spiro atoms. The Hall–Kier alpha value is -2.35. The van der Waals surface area contributed by atoms with Crippen molar-refractivity contribution in [3.8, 4) is 0 Å². The fraction of sp³-hybridized carbons (Fsp3) is 0.0833. The first-order valence-electron chi connectivity index (χ1n) is 5.54. The number of nitrogens with one attached hydrogen (secondary N) is 1. The molecule has 1 amide bonds. The molecule has 0 unspecified atom stereocenters. The van der Waals surface area contributed by atoms with Gasteiger partial charge in [0.15, 0.2) is 0 Å². The number of aromatic nitrogens is 2. The number of nitrogens with two attached hydrogens (primary N) is 1. The maximum absolute atomic E-state index is 12.5. The molecule has 1 heterocycles. The van der Waals surface area contributed by atoms with E-state index in [1.54, 1.807) is 12.1 Å². The Morgan fingerprint density at radius 1 is 1.24 bits per heavy atom. The van der Waals surface area contributed by atoms with Crippen LogP contribution in [0.3, 0.4) is 0 Å². The van der Waals surface area contributed by atoms with E-state index in [1.165, 1.54) is 12.1 Å². The smallest absolute Gasteiger partial charge is 0.399 e. The average Bonchev–Trinajstić information content (AvgIpc) is 2.37. The van der Waals surface area contributed by atoms with Crippen molar-refractivity contribution in [3.05, 3.63) is 46.9 Å². The Balaban J connectivity index is 2.27. The van der Waals surface area contributed by atoms with Gasteiger partial charge in [0.2, 0.25) is 5.82 Å². The Kier molecular flexibility index (Phi) is 3.99. The second-order valence-electron chi connectivity index (χ2n) is 3.98. The number of halogens is 4. The van der Waals surface area contributed by atoms with E-state index in [-0.39, 0.29) is 11.4 Å². The van der Waals surface area contributed by atoms with E-state index in [0.717, 1.165) is 6.07 Å². The lowest BCUT2D eigenvalue weighted by molar-refractivity contribution is -0.144. The number of carbonyl (C=O) groups excluding carboxylic acids is 1. The van der Waals surface area contributed by atoms with Gasteiger partial charge < -0.3 is 11.1 Å². The molecule has 21 heavy (non-hydrogen) atoms. The van der Waals surface area contributed by atoms with E-state index in [9.17, 15) is 18.0 Å². The quantitative estimate of drug-likeness (QED) is 0.659. The first-order chi connectivity index (χ1) is 9.75. The molecule has 0 bridgehead atoms. The van der Waals surface area contributed by atoms with Gasteiger partial charge in [0.25, 0.3) is 5.91 Å². The molecule has 110 valence electrons. The minimum atomic E-state index is -4.76. The second kappa shape index (κ2) is 5.57. The van der Waals surface area contributed by atoms with Gasteiger partial charge in [-0.3, -0.25) is 4.79 Å². The van der Waals surface area contributed by atoms with Crippen molar-refractivity contribution in [3.63, 3.8) is 0 Å². The summed E-state index contributed by atoms with van der Waals surface area (Å²) in [7, 11) is 0. The Bertz CT molecular complexity index is 690. The van der Waals surface area contributed by atoms with Crippen LogP contribution < -0.4 is 11.1 Å². The lowest BCUT2D eigenvalue weighted by atomic mass is 10.2. The van der Waals surface area contributed by atoms with Crippen LogP contribution in [0.1, 0.15) is 16.2 Å². The summed E-state index contributed by atoms with van der Waals surface area (Å²) in [5.74, 6) is -2.45. The molecule has 0 atom stereocenters. The molecule has 0 radical (unpaired) electrons. The molecular formula is C12H8ClF3N4O. The Morgan fingerprint density at radius 3 is 2.57 bits per heavy atom. The molecule has 0 fully saturated rings. The first kappa shape index (κ1) is 15.0. The van der Waals surface area contributed by atoms with E-state index < -0.39 is 23.1 Å². The number of benzene rings is 1. The lowest BCUT2D eigenvalue weighted by Crippen LogP contribution is -2.17. The van der Waals surface area contributed by atoms with E-state index in [4.69, 9.17) is 17.3 Å². The van der Waals surface area contributed by atoms with Crippen LogP contribution in [0.2, 0.25) is 5.15 Å². The largest absolute Gasteiger partial charge is 0.451 e. The van der Waals surface area contributed by atoms with Crippen LogP contribution in [0.4, 0.5) is 24.7 Å². The van der Waals surface area contributed by atoms with Crippen LogP contribution in [0, 0.1) is 0 Å². The molecule has 2 rings (SSSR count). The molecule has 1 aromatic carbocycles. The Morgan fingerprint density at radius 2 is 1.95 bits per heavy atom. The summed E-state index contributed by atoms with van der Waals surface area (Å²) in [6.07, 6.45) is -4.76. The number of alkyl halides is 3. The summed E-state index contributed by atoms with van der Waals surface area (Å²) in [5.41, 5.74) is 6.05. The minimum absolute atomic E-state index is 0.179. The SMILES string of the molecule is Nc1cccc(C(=O)Nc2cc(Cl)nc(C(F)(F)F)n2)c1. The first-order valence-corrected chi connectivity index (χ1v) is 5.92. The standard InChI is InChI=1S/C12H8ClF3N4O/c13-8-5-9(20-11(18-8)12(14,15)16)19-10(21)6-2-1-3-7(17)4-6/h1-5H,17H2,(H,18,19,20,21). The van der Waals surface area contributed by atoms with Crippen molar-refractivity contribution in [2.24, 2.45) is 0 Å². The van der Waals surface area contributed by atoms with E-state index in [1.807, 2.05) is 0 Å². The molecule has 0 aliphatic rings. The summed E-state index contributed by atoms with van der Waals surface area (Å²) in [6, 6.07) is 6.96. The summed E-state index contributed by atoms with van der Waals surface area (Å²) in [6.45, 7) is 0. The Labute approximate surface area is 122 Å². The third kappa shape index (κ3) is 3.82. The van der Waals surface area contributed by atoms with Crippen LogP contribution >= 0.6 is 11.6 Å². The predicted molar refractivity (Wildman–Crippen MR) is 70.9 cm³/mol. The molecule has 0 aliphatic carbocycles. The van der Waals surface area contributed by atoms with E-state index in [0.29, 0.717) is 5.69 Å². The van der Waals surface area contributed by atoms with E-state index >= 15 is 0 Å². The molecule has 0 saturated heterocycles. The predicted octanol–water partition coefficient (Wildman–Crippen LogP) is 2.98. The number of hydrogen-bond donors (Lipinski definition) is 2. The van der Waals surface area contributed by atoms with Crippen molar-refractivity contribution in [1.82, 2.24) is 9.97 Å². The zero-order valence-electron chi connectivity index (χ0n) is 10.3. The second-order valence-corrected chi connectivity index (χ2v) is 4.36. The molecule has 0 aliphatic heterocycles. The van der Waals surface area contributed by atoms with Gasteiger partial charge in [0.1, 0.15) is 11.0 Å². The number of amides is 1. The van der Waals surface area contributed by atoms with Gasteiger partial charge in [-0.25, -0.2) is 9.97 Å². The lowest BCUT2D eigenvalue weighted by Gasteiger charge is -2.09. The zero-order chi connectivity index (χ0) is 15.6. The highest BCUT2D eigenvalue weighted by Crippen LogP contribution is 2.28. The molecule has 3 N–H and O–H groups in total. The molecule has 5 nitrogen and oxygen atoms in total. The summed E-state index contributed by atoms with van der Waals surface area (Å²) < 4.78 is 37.6. The molecule has 0 saturated carbocycles. The van der Waals surface area contributed by atoms with Crippen molar-refractivity contribution in [2.45, 2.75) is 6.18 Å². The minimum Gasteiger partial charge on any atom is -0.399 e. The van der Waals surface area contributed by atoms with Crippen LogP contribution in [0.5, 0.6) is 0 Å². The van der Waals surface area contributed by atoms with Crippen molar-refractivity contribution < 1.29 is 18.0 Å². The third-order valence-corrected chi connectivity index (χ3v) is 2.53. The number of nitrogen functional groups attached to an aromatic ring is 1. The topological polar surface area (TPSA) is 80.9 Å². The van der Waals surface area contributed by atoms with Gasteiger partial charge in [0, 0.05) is 17.3 Å². The fourth-order valence-corrected chi connectivity index (χ4v) is 1.66. The van der Waals surface area contributed by atoms with Crippen molar-refractivity contribution >= 4 is 29.0 Å². The monoisotopic (exact) mass is 316 g/mol. The van der Waals surface area contributed by atoms with Gasteiger partial charge >= 0.3 is 6.18 Å². The number of hydrogen-bond acceptors (Lipinski definition) is 4. The number of rotatable bonds is 2. The normalized spacial score (nSPS) is 11.2. The van der Waals surface area contributed by atoms with Gasteiger partial charge in [-0.2, -0.15) is 13.2 Å². The molecule has 9 heteroatoms. The molecular weight excluding hydrogens is 309 g/mol. The van der Waals surface area contributed by atoms with Crippen LogP contribution in [0.25, 0.3) is 0 Å². The summed E-state index contributed by atoms with van der Waals surface area (Å²) in [5, 5.41) is 1.78. The third-order valence-electron chi connectivity index (χ3n) is 2.34. The van der Waals surface area contributed by atoms with Crippen LogP contribution in [0.15, 0.2) is 30.3 Å². The highest BCUT2D eigenvalue weighted by Gasteiger charge is 2.35. The van der Waals surface area contributed by atoms with Crippen LogP contribution in [-0.2, 0) is 6.18 Å². The van der Waals surface area contributed by atoms with Crippen molar-refractivity contribution in [1.29, 1.82) is 0 Å².